The molecule has 1 heterocycles. The fraction of sp³-hybridized carbons (Fsp3) is 0.545. The standard InChI is InChI=1S/C11H16BrNOS/c1-3-8(7-12)13-11(14)10-6-5-9(4-2)15-10/h5-6,8H,3-4,7H2,1-2H3,(H,13,14). The number of aryl methyl sites for hydroxylation is 1. The number of alkyl halides is 1. The first-order valence-electron chi connectivity index (χ1n) is 5.16. The highest BCUT2D eigenvalue weighted by atomic mass is 79.9. The monoisotopic (exact) mass is 289 g/mol. The third-order valence-electron chi connectivity index (χ3n) is 2.25. The van der Waals surface area contributed by atoms with Gasteiger partial charge in [0.15, 0.2) is 0 Å². The molecule has 0 spiro atoms. The summed E-state index contributed by atoms with van der Waals surface area (Å²) in [6.07, 6.45) is 1.94. The number of carbonyl (C=O) groups excluding carboxylic acids is 1. The summed E-state index contributed by atoms with van der Waals surface area (Å²) in [6.45, 7) is 4.17. The Kier molecular flexibility index (Phi) is 5.32. The molecule has 1 unspecified atom stereocenters. The second kappa shape index (κ2) is 6.28. The summed E-state index contributed by atoms with van der Waals surface area (Å²) in [7, 11) is 0. The van der Waals surface area contributed by atoms with Crippen LogP contribution in [0.25, 0.3) is 0 Å². The Morgan fingerprint density at radius 3 is 2.73 bits per heavy atom. The molecule has 0 aliphatic carbocycles. The molecule has 1 rings (SSSR count). The molecule has 1 aromatic rings. The van der Waals surface area contributed by atoms with Gasteiger partial charge >= 0.3 is 0 Å². The lowest BCUT2D eigenvalue weighted by Crippen LogP contribution is -2.34. The molecule has 0 aliphatic rings. The van der Waals surface area contributed by atoms with Gasteiger partial charge in [0.05, 0.1) is 4.88 Å². The number of hydrogen-bond acceptors (Lipinski definition) is 2. The van der Waals surface area contributed by atoms with E-state index in [9.17, 15) is 4.79 Å². The van der Waals surface area contributed by atoms with Gasteiger partial charge < -0.3 is 5.32 Å². The minimum absolute atomic E-state index is 0.0472. The number of amides is 1. The molecule has 0 fully saturated rings. The zero-order valence-electron chi connectivity index (χ0n) is 9.05. The maximum Gasteiger partial charge on any atom is 0.261 e. The Hall–Kier alpha value is -0.350. The highest BCUT2D eigenvalue weighted by molar-refractivity contribution is 9.09. The molecule has 0 saturated heterocycles. The van der Waals surface area contributed by atoms with Crippen molar-refractivity contribution in [3.05, 3.63) is 21.9 Å². The molecule has 1 amide bonds. The SMILES string of the molecule is CCc1ccc(C(=O)NC(CC)CBr)s1. The normalized spacial score (nSPS) is 12.5. The zero-order valence-corrected chi connectivity index (χ0v) is 11.5. The second-order valence-electron chi connectivity index (χ2n) is 3.35. The van der Waals surface area contributed by atoms with Crippen LogP contribution in [0.15, 0.2) is 12.1 Å². The Labute approximate surface area is 103 Å². The quantitative estimate of drug-likeness (QED) is 0.829. The lowest BCUT2D eigenvalue weighted by Gasteiger charge is -2.12. The summed E-state index contributed by atoms with van der Waals surface area (Å²) >= 11 is 4.96. The van der Waals surface area contributed by atoms with Crippen LogP contribution in [0.4, 0.5) is 0 Å². The molecule has 0 aromatic carbocycles. The molecule has 84 valence electrons. The van der Waals surface area contributed by atoms with Crippen LogP contribution in [0.5, 0.6) is 0 Å². The molecule has 2 nitrogen and oxygen atoms in total. The molecule has 0 saturated carbocycles. The minimum Gasteiger partial charge on any atom is -0.348 e. The van der Waals surface area contributed by atoms with Crippen molar-refractivity contribution in [2.45, 2.75) is 32.7 Å². The van der Waals surface area contributed by atoms with Crippen LogP contribution in [0.2, 0.25) is 0 Å². The number of nitrogens with one attached hydrogen (secondary N) is 1. The van der Waals surface area contributed by atoms with E-state index in [1.54, 1.807) is 11.3 Å². The van der Waals surface area contributed by atoms with Crippen LogP contribution in [-0.2, 0) is 6.42 Å². The van der Waals surface area contributed by atoms with Crippen LogP contribution in [0.3, 0.4) is 0 Å². The fourth-order valence-corrected chi connectivity index (χ4v) is 2.67. The molecular formula is C11H16BrNOS. The van der Waals surface area contributed by atoms with Crippen molar-refractivity contribution >= 4 is 33.2 Å². The van der Waals surface area contributed by atoms with Crippen LogP contribution < -0.4 is 5.32 Å². The molecule has 4 heteroatoms. The molecule has 0 radical (unpaired) electrons. The van der Waals surface area contributed by atoms with Gasteiger partial charge in [-0.3, -0.25) is 4.79 Å². The van der Waals surface area contributed by atoms with Gasteiger partial charge in [0.25, 0.3) is 5.91 Å². The maximum absolute atomic E-state index is 11.8. The topological polar surface area (TPSA) is 29.1 Å². The van der Waals surface area contributed by atoms with Crippen molar-refractivity contribution in [3.8, 4) is 0 Å². The first-order chi connectivity index (χ1) is 7.21. The minimum atomic E-state index is 0.0472. The molecule has 0 aliphatic heterocycles. The summed E-state index contributed by atoms with van der Waals surface area (Å²) in [5.74, 6) is 0.0472. The number of halogens is 1. The van der Waals surface area contributed by atoms with Crippen LogP contribution >= 0.6 is 27.3 Å². The van der Waals surface area contributed by atoms with Crippen molar-refractivity contribution < 1.29 is 4.79 Å². The van der Waals surface area contributed by atoms with Crippen LogP contribution in [0.1, 0.15) is 34.8 Å². The Morgan fingerprint density at radius 2 is 2.27 bits per heavy atom. The van der Waals surface area contributed by atoms with E-state index in [1.165, 1.54) is 4.88 Å². The van der Waals surface area contributed by atoms with E-state index in [1.807, 2.05) is 12.1 Å². The molecule has 1 aromatic heterocycles. The van der Waals surface area contributed by atoms with E-state index in [2.05, 4.69) is 35.1 Å². The summed E-state index contributed by atoms with van der Waals surface area (Å²) in [4.78, 5) is 13.8. The first kappa shape index (κ1) is 12.7. The first-order valence-corrected chi connectivity index (χ1v) is 7.10. The van der Waals surface area contributed by atoms with Crippen LogP contribution in [-0.4, -0.2) is 17.3 Å². The Morgan fingerprint density at radius 1 is 1.53 bits per heavy atom. The largest absolute Gasteiger partial charge is 0.348 e. The van der Waals surface area contributed by atoms with Crippen molar-refractivity contribution in [2.75, 3.05) is 5.33 Å². The average Bonchev–Trinajstić information content (AvgIpc) is 2.74. The van der Waals surface area contributed by atoms with Gasteiger partial charge in [0.1, 0.15) is 0 Å². The number of hydrogen-bond donors (Lipinski definition) is 1. The molecule has 1 atom stereocenters. The molecule has 0 bridgehead atoms. The van der Waals surface area contributed by atoms with E-state index in [0.29, 0.717) is 0 Å². The third-order valence-corrected chi connectivity index (χ3v) is 4.26. The van der Waals surface area contributed by atoms with Gasteiger partial charge in [-0.15, -0.1) is 11.3 Å². The number of thiophene rings is 1. The van der Waals surface area contributed by atoms with Gasteiger partial charge in [0, 0.05) is 16.2 Å². The lowest BCUT2D eigenvalue weighted by atomic mass is 10.2. The predicted molar refractivity (Wildman–Crippen MR) is 69.0 cm³/mol. The summed E-state index contributed by atoms with van der Waals surface area (Å²) in [5.41, 5.74) is 0. The predicted octanol–water partition coefficient (Wildman–Crippen LogP) is 3.21. The van der Waals surface area contributed by atoms with Crippen molar-refractivity contribution in [2.24, 2.45) is 0 Å². The van der Waals surface area contributed by atoms with Crippen molar-refractivity contribution in [1.29, 1.82) is 0 Å². The highest BCUT2D eigenvalue weighted by Crippen LogP contribution is 2.17. The summed E-state index contributed by atoms with van der Waals surface area (Å²) in [5, 5.41) is 3.80. The highest BCUT2D eigenvalue weighted by Gasteiger charge is 2.12. The number of rotatable bonds is 5. The van der Waals surface area contributed by atoms with E-state index >= 15 is 0 Å². The van der Waals surface area contributed by atoms with Crippen LogP contribution in [0, 0.1) is 0 Å². The maximum atomic E-state index is 11.8. The summed E-state index contributed by atoms with van der Waals surface area (Å²) in [6, 6.07) is 4.15. The van der Waals surface area contributed by atoms with Gasteiger partial charge in [-0.1, -0.05) is 29.8 Å². The summed E-state index contributed by atoms with van der Waals surface area (Å²) < 4.78 is 0. The second-order valence-corrected chi connectivity index (χ2v) is 5.17. The Bertz CT molecular complexity index is 320. The van der Waals surface area contributed by atoms with Crippen molar-refractivity contribution in [3.63, 3.8) is 0 Å². The fourth-order valence-electron chi connectivity index (χ4n) is 1.20. The molecule has 1 N–H and O–H groups in total. The number of carbonyl (C=O) groups is 1. The van der Waals surface area contributed by atoms with E-state index in [0.717, 1.165) is 23.0 Å². The van der Waals surface area contributed by atoms with E-state index in [-0.39, 0.29) is 11.9 Å². The van der Waals surface area contributed by atoms with Crippen molar-refractivity contribution in [1.82, 2.24) is 5.32 Å². The molecule has 15 heavy (non-hydrogen) atoms. The molecular weight excluding hydrogens is 274 g/mol. The van der Waals surface area contributed by atoms with E-state index in [4.69, 9.17) is 0 Å². The van der Waals surface area contributed by atoms with E-state index < -0.39 is 0 Å². The zero-order chi connectivity index (χ0) is 11.3. The average molecular weight is 290 g/mol. The van der Waals surface area contributed by atoms with Gasteiger partial charge in [-0.05, 0) is 25.0 Å². The van der Waals surface area contributed by atoms with Gasteiger partial charge in [0.2, 0.25) is 0 Å². The smallest absolute Gasteiger partial charge is 0.261 e. The Balaban J connectivity index is 2.60. The lowest BCUT2D eigenvalue weighted by molar-refractivity contribution is 0.0944. The van der Waals surface area contributed by atoms with Gasteiger partial charge in [-0.25, -0.2) is 0 Å². The third kappa shape index (κ3) is 3.61. The van der Waals surface area contributed by atoms with Gasteiger partial charge in [-0.2, -0.15) is 0 Å².